The van der Waals surface area contributed by atoms with Gasteiger partial charge in [0.25, 0.3) is 5.91 Å². The molecule has 0 bridgehead atoms. The van der Waals surface area contributed by atoms with Crippen LogP contribution in [0.15, 0.2) is 30.3 Å². The minimum absolute atomic E-state index is 0.0780. The minimum Gasteiger partial charge on any atom is -0.394 e. The fourth-order valence-corrected chi connectivity index (χ4v) is 2.25. The molecule has 1 aliphatic rings. The predicted molar refractivity (Wildman–Crippen MR) is 76.8 cm³/mol. The van der Waals surface area contributed by atoms with Crippen LogP contribution in [-0.4, -0.2) is 60.8 Å². The molecule has 6 heteroatoms. The number of nitrogens with zero attached hydrogens (tertiary/aromatic N) is 1. The molecule has 2 amide bonds. The van der Waals surface area contributed by atoms with Gasteiger partial charge in [0.05, 0.1) is 25.9 Å². The van der Waals surface area contributed by atoms with Crippen molar-refractivity contribution in [2.24, 2.45) is 0 Å². The van der Waals surface area contributed by atoms with Crippen molar-refractivity contribution in [3.8, 4) is 0 Å². The van der Waals surface area contributed by atoms with Gasteiger partial charge in [-0.2, -0.15) is 0 Å². The van der Waals surface area contributed by atoms with Gasteiger partial charge in [-0.3, -0.25) is 9.59 Å². The third-order valence-corrected chi connectivity index (χ3v) is 3.42. The first-order chi connectivity index (χ1) is 10.2. The lowest BCUT2D eigenvalue weighted by atomic mass is 10.2. The fraction of sp³-hybridized carbons (Fsp3) is 0.467. The van der Waals surface area contributed by atoms with E-state index in [0.29, 0.717) is 25.3 Å². The van der Waals surface area contributed by atoms with Crippen molar-refractivity contribution in [1.82, 2.24) is 10.2 Å². The second-order valence-corrected chi connectivity index (χ2v) is 4.87. The maximum Gasteiger partial charge on any atom is 0.251 e. The molecule has 1 saturated heterocycles. The van der Waals surface area contributed by atoms with Gasteiger partial charge in [-0.25, -0.2) is 0 Å². The third-order valence-electron chi connectivity index (χ3n) is 3.42. The zero-order chi connectivity index (χ0) is 15.1. The largest absolute Gasteiger partial charge is 0.394 e. The second-order valence-electron chi connectivity index (χ2n) is 4.87. The van der Waals surface area contributed by atoms with Gasteiger partial charge >= 0.3 is 0 Å². The standard InChI is InChI=1S/C15H20N2O4/c18-10-13-11-21-9-8-17(13)14(19)6-7-16-15(20)12-4-2-1-3-5-12/h1-5,13,18H,6-11H2,(H,16,20). The molecule has 2 rings (SSSR count). The molecule has 114 valence electrons. The highest BCUT2D eigenvalue weighted by Gasteiger charge is 2.26. The van der Waals surface area contributed by atoms with Crippen LogP contribution in [0.3, 0.4) is 0 Å². The average Bonchev–Trinajstić information content (AvgIpc) is 2.55. The number of benzene rings is 1. The maximum atomic E-state index is 12.1. The van der Waals surface area contributed by atoms with E-state index in [1.807, 2.05) is 6.07 Å². The van der Waals surface area contributed by atoms with Crippen LogP contribution in [0, 0.1) is 0 Å². The highest BCUT2D eigenvalue weighted by Crippen LogP contribution is 2.08. The molecule has 2 N–H and O–H groups in total. The lowest BCUT2D eigenvalue weighted by Gasteiger charge is -2.34. The smallest absolute Gasteiger partial charge is 0.251 e. The first-order valence-corrected chi connectivity index (χ1v) is 7.03. The van der Waals surface area contributed by atoms with Crippen LogP contribution in [0.1, 0.15) is 16.8 Å². The summed E-state index contributed by atoms with van der Waals surface area (Å²) in [4.78, 5) is 25.5. The molecule has 0 radical (unpaired) electrons. The van der Waals surface area contributed by atoms with Crippen LogP contribution < -0.4 is 5.32 Å². The minimum atomic E-state index is -0.281. The predicted octanol–water partition coefficient (Wildman–Crippen LogP) is 0.0262. The summed E-state index contributed by atoms with van der Waals surface area (Å²) in [6, 6.07) is 8.59. The van der Waals surface area contributed by atoms with Crippen molar-refractivity contribution in [3.05, 3.63) is 35.9 Å². The SMILES string of the molecule is O=C(NCCC(=O)N1CCOCC1CO)c1ccccc1. The third kappa shape index (κ3) is 4.27. The molecule has 0 aliphatic carbocycles. The van der Waals surface area contributed by atoms with Gasteiger partial charge in [-0.05, 0) is 12.1 Å². The Morgan fingerprint density at radius 2 is 2.10 bits per heavy atom. The van der Waals surface area contributed by atoms with Crippen molar-refractivity contribution in [1.29, 1.82) is 0 Å². The van der Waals surface area contributed by atoms with E-state index in [2.05, 4.69) is 5.32 Å². The van der Waals surface area contributed by atoms with Gasteiger partial charge in [0, 0.05) is 25.1 Å². The van der Waals surface area contributed by atoms with Crippen LogP contribution in [0.25, 0.3) is 0 Å². The molecule has 0 spiro atoms. The van der Waals surface area contributed by atoms with Gasteiger partial charge < -0.3 is 20.1 Å². The lowest BCUT2D eigenvalue weighted by molar-refractivity contribution is -0.141. The summed E-state index contributed by atoms with van der Waals surface area (Å²) in [6.07, 6.45) is 0.217. The number of hydrogen-bond acceptors (Lipinski definition) is 4. The van der Waals surface area contributed by atoms with E-state index in [9.17, 15) is 14.7 Å². The van der Waals surface area contributed by atoms with Gasteiger partial charge in [-0.15, -0.1) is 0 Å². The van der Waals surface area contributed by atoms with E-state index in [1.165, 1.54) is 0 Å². The molecular weight excluding hydrogens is 272 g/mol. The van der Waals surface area contributed by atoms with Crippen LogP contribution in [0.2, 0.25) is 0 Å². The summed E-state index contributed by atoms with van der Waals surface area (Å²) in [7, 11) is 0. The Bertz CT molecular complexity index is 478. The summed E-state index contributed by atoms with van der Waals surface area (Å²) in [5.41, 5.74) is 0.574. The van der Waals surface area contributed by atoms with E-state index < -0.39 is 0 Å². The number of aliphatic hydroxyl groups is 1. The molecule has 1 fully saturated rings. The van der Waals surface area contributed by atoms with Crippen molar-refractivity contribution in [2.75, 3.05) is 32.9 Å². The Morgan fingerprint density at radius 1 is 1.33 bits per heavy atom. The van der Waals surface area contributed by atoms with E-state index in [0.717, 1.165) is 0 Å². The normalized spacial score (nSPS) is 18.3. The van der Waals surface area contributed by atoms with E-state index in [4.69, 9.17) is 4.74 Å². The van der Waals surface area contributed by atoms with Crippen LogP contribution in [-0.2, 0) is 9.53 Å². The van der Waals surface area contributed by atoms with Gasteiger partial charge in [0.15, 0.2) is 0 Å². The van der Waals surface area contributed by atoms with Gasteiger partial charge in [-0.1, -0.05) is 18.2 Å². The Labute approximate surface area is 123 Å². The molecule has 1 aliphatic heterocycles. The zero-order valence-corrected chi connectivity index (χ0v) is 11.8. The van der Waals surface area contributed by atoms with E-state index >= 15 is 0 Å². The van der Waals surface area contributed by atoms with Crippen molar-refractivity contribution < 1.29 is 19.4 Å². The summed E-state index contributed by atoms with van der Waals surface area (Å²) in [5.74, 6) is -0.269. The quantitative estimate of drug-likeness (QED) is 0.802. The summed E-state index contributed by atoms with van der Waals surface area (Å²) < 4.78 is 5.23. The number of carbonyl (C=O) groups excluding carboxylic acids is 2. The Kier molecular flexibility index (Phi) is 5.71. The fourth-order valence-electron chi connectivity index (χ4n) is 2.25. The number of ether oxygens (including phenoxy) is 1. The number of carbonyl (C=O) groups is 2. The van der Waals surface area contributed by atoms with Crippen LogP contribution >= 0.6 is 0 Å². The molecule has 1 atom stereocenters. The van der Waals surface area contributed by atoms with Crippen molar-refractivity contribution >= 4 is 11.8 Å². The highest BCUT2D eigenvalue weighted by atomic mass is 16.5. The molecule has 21 heavy (non-hydrogen) atoms. The van der Waals surface area contributed by atoms with Crippen molar-refractivity contribution in [3.63, 3.8) is 0 Å². The number of nitrogens with one attached hydrogen (secondary N) is 1. The summed E-state index contributed by atoms with van der Waals surface area (Å²) in [5, 5.41) is 12.0. The van der Waals surface area contributed by atoms with Gasteiger partial charge in [0.2, 0.25) is 5.91 Å². The highest BCUT2D eigenvalue weighted by molar-refractivity contribution is 5.94. The molecule has 1 aromatic rings. The average molecular weight is 292 g/mol. The number of aliphatic hydroxyl groups excluding tert-OH is 1. The number of hydrogen-bond donors (Lipinski definition) is 2. The van der Waals surface area contributed by atoms with E-state index in [1.54, 1.807) is 29.2 Å². The second kappa shape index (κ2) is 7.75. The zero-order valence-electron chi connectivity index (χ0n) is 11.8. The molecule has 0 saturated carbocycles. The summed E-state index contributed by atoms with van der Waals surface area (Å²) in [6.45, 7) is 1.50. The lowest BCUT2D eigenvalue weighted by Crippen LogP contribution is -2.51. The molecule has 1 heterocycles. The number of morpholine rings is 1. The molecule has 1 unspecified atom stereocenters. The number of rotatable bonds is 5. The first-order valence-electron chi connectivity index (χ1n) is 7.03. The Hall–Kier alpha value is -1.92. The van der Waals surface area contributed by atoms with Gasteiger partial charge in [0.1, 0.15) is 0 Å². The Morgan fingerprint density at radius 3 is 2.81 bits per heavy atom. The maximum absolute atomic E-state index is 12.1. The number of amides is 2. The Balaban J connectivity index is 1.77. The molecule has 6 nitrogen and oxygen atoms in total. The first kappa shape index (κ1) is 15.5. The molecule has 0 aromatic heterocycles. The van der Waals surface area contributed by atoms with Crippen LogP contribution in [0.4, 0.5) is 0 Å². The topological polar surface area (TPSA) is 78.9 Å². The monoisotopic (exact) mass is 292 g/mol. The van der Waals surface area contributed by atoms with E-state index in [-0.39, 0.29) is 37.4 Å². The molecule has 1 aromatic carbocycles. The van der Waals surface area contributed by atoms with Crippen LogP contribution in [0.5, 0.6) is 0 Å². The summed E-state index contributed by atoms with van der Waals surface area (Å²) >= 11 is 0. The molecular formula is C15H20N2O4. The van der Waals surface area contributed by atoms with Crippen molar-refractivity contribution in [2.45, 2.75) is 12.5 Å².